The van der Waals surface area contributed by atoms with E-state index in [1.165, 1.54) is 0 Å². The summed E-state index contributed by atoms with van der Waals surface area (Å²) < 4.78 is 10.6. The summed E-state index contributed by atoms with van der Waals surface area (Å²) in [4.78, 5) is 0. The monoisotopic (exact) mass is 207 g/mol. The van der Waals surface area contributed by atoms with Gasteiger partial charge in [-0.25, -0.2) is 0 Å². The number of benzene rings is 1. The van der Waals surface area contributed by atoms with E-state index in [9.17, 15) is 0 Å². The van der Waals surface area contributed by atoms with E-state index in [0.717, 1.165) is 17.2 Å². The van der Waals surface area contributed by atoms with Crippen LogP contribution in [0.1, 0.15) is 20.8 Å². The molecule has 0 radical (unpaired) electrons. The molecule has 1 atom stereocenters. The fraction of sp³-hybridized carbons (Fsp3) is 0.500. The van der Waals surface area contributed by atoms with Gasteiger partial charge in [0, 0.05) is 17.8 Å². The van der Waals surface area contributed by atoms with Gasteiger partial charge in [0.25, 0.3) is 0 Å². The molecule has 82 valence electrons. The summed E-state index contributed by atoms with van der Waals surface area (Å²) >= 11 is 0. The fourth-order valence-corrected chi connectivity index (χ4v) is 1.42. The number of ether oxygens (including phenoxy) is 2. The summed E-state index contributed by atoms with van der Waals surface area (Å²) in [5.74, 6) is 2.27. The van der Waals surface area contributed by atoms with Crippen LogP contribution in [0.5, 0.6) is 11.5 Å². The lowest BCUT2D eigenvalue weighted by atomic mass is 10.1. The summed E-state index contributed by atoms with van der Waals surface area (Å²) in [5, 5.41) is 3.44. The Bertz CT molecular complexity index is 349. The van der Waals surface area contributed by atoms with Crippen LogP contribution >= 0.6 is 0 Å². The van der Waals surface area contributed by atoms with Gasteiger partial charge in [-0.1, -0.05) is 13.8 Å². The zero-order valence-corrected chi connectivity index (χ0v) is 9.41. The van der Waals surface area contributed by atoms with Crippen molar-refractivity contribution in [2.75, 3.05) is 12.1 Å². The van der Waals surface area contributed by atoms with Crippen LogP contribution in [0.3, 0.4) is 0 Å². The van der Waals surface area contributed by atoms with E-state index < -0.39 is 0 Å². The SMILES string of the molecule is CC(C)[C@@H](C)Nc1ccc2c(c1)OCO2. The van der Waals surface area contributed by atoms with E-state index in [2.05, 4.69) is 26.1 Å². The van der Waals surface area contributed by atoms with Gasteiger partial charge in [-0.3, -0.25) is 0 Å². The van der Waals surface area contributed by atoms with E-state index in [0.29, 0.717) is 18.8 Å². The molecule has 0 bridgehead atoms. The van der Waals surface area contributed by atoms with Crippen molar-refractivity contribution in [1.82, 2.24) is 0 Å². The van der Waals surface area contributed by atoms with Gasteiger partial charge in [0.15, 0.2) is 11.5 Å². The van der Waals surface area contributed by atoms with E-state index in [-0.39, 0.29) is 0 Å². The number of fused-ring (bicyclic) bond motifs is 1. The molecular weight excluding hydrogens is 190 g/mol. The Kier molecular flexibility index (Phi) is 2.71. The summed E-state index contributed by atoms with van der Waals surface area (Å²) in [6, 6.07) is 6.40. The van der Waals surface area contributed by atoms with Crippen molar-refractivity contribution in [3.05, 3.63) is 18.2 Å². The topological polar surface area (TPSA) is 30.5 Å². The first-order chi connectivity index (χ1) is 7.16. The van der Waals surface area contributed by atoms with Crippen molar-refractivity contribution in [2.24, 2.45) is 5.92 Å². The molecule has 0 aromatic heterocycles. The summed E-state index contributed by atoms with van der Waals surface area (Å²) in [7, 11) is 0. The molecule has 0 unspecified atom stereocenters. The van der Waals surface area contributed by atoms with E-state index in [1.807, 2.05) is 18.2 Å². The van der Waals surface area contributed by atoms with Crippen LogP contribution < -0.4 is 14.8 Å². The quantitative estimate of drug-likeness (QED) is 0.826. The Hall–Kier alpha value is -1.38. The van der Waals surface area contributed by atoms with Gasteiger partial charge >= 0.3 is 0 Å². The zero-order chi connectivity index (χ0) is 10.8. The molecule has 3 nitrogen and oxygen atoms in total. The Morgan fingerprint density at radius 3 is 2.60 bits per heavy atom. The molecule has 0 amide bonds. The van der Waals surface area contributed by atoms with Crippen molar-refractivity contribution in [2.45, 2.75) is 26.8 Å². The Morgan fingerprint density at radius 2 is 1.87 bits per heavy atom. The van der Waals surface area contributed by atoms with Crippen LogP contribution in [0.25, 0.3) is 0 Å². The standard InChI is InChI=1S/C12H17NO2/c1-8(2)9(3)13-10-4-5-11-12(6-10)15-7-14-11/h4-6,8-9,13H,7H2,1-3H3/t9-/m1/s1. The van der Waals surface area contributed by atoms with Crippen molar-refractivity contribution in [1.29, 1.82) is 0 Å². The normalized spacial score (nSPS) is 15.5. The van der Waals surface area contributed by atoms with Crippen molar-refractivity contribution < 1.29 is 9.47 Å². The van der Waals surface area contributed by atoms with Gasteiger partial charge in [0.05, 0.1) is 0 Å². The number of hydrogen-bond donors (Lipinski definition) is 1. The predicted octanol–water partition coefficient (Wildman–Crippen LogP) is 2.87. The maximum Gasteiger partial charge on any atom is 0.231 e. The predicted molar refractivity (Wildman–Crippen MR) is 60.5 cm³/mol. The highest BCUT2D eigenvalue weighted by Gasteiger charge is 2.14. The summed E-state index contributed by atoms with van der Waals surface area (Å²) in [6.45, 7) is 6.91. The largest absolute Gasteiger partial charge is 0.454 e. The molecule has 1 aromatic rings. The second kappa shape index (κ2) is 4.01. The highest BCUT2D eigenvalue weighted by molar-refractivity contribution is 5.55. The lowest BCUT2D eigenvalue weighted by Crippen LogP contribution is -2.21. The van der Waals surface area contributed by atoms with Gasteiger partial charge in [0.1, 0.15) is 0 Å². The van der Waals surface area contributed by atoms with Crippen LogP contribution in [-0.2, 0) is 0 Å². The van der Waals surface area contributed by atoms with E-state index >= 15 is 0 Å². The molecule has 1 N–H and O–H groups in total. The van der Waals surface area contributed by atoms with Gasteiger partial charge in [-0.2, -0.15) is 0 Å². The minimum absolute atomic E-state index is 0.332. The summed E-state index contributed by atoms with van der Waals surface area (Å²) in [6.07, 6.45) is 0. The van der Waals surface area contributed by atoms with Crippen molar-refractivity contribution in [3.8, 4) is 11.5 Å². The second-order valence-electron chi connectivity index (χ2n) is 4.25. The zero-order valence-electron chi connectivity index (χ0n) is 9.41. The van der Waals surface area contributed by atoms with Crippen LogP contribution in [-0.4, -0.2) is 12.8 Å². The minimum Gasteiger partial charge on any atom is -0.454 e. The molecule has 0 saturated heterocycles. The first-order valence-corrected chi connectivity index (χ1v) is 5.33. The Balaban J connectivity index is 2.10. The Labute approximate surface area is 90.4 Å². The second-order valence-corrected chi connectivity index (χ2v) is 4.25. The maximum absolute atomic E-state index is 5.32. The van der Waals surface area contributed by atoms with E-state index in [1.54, 1.807) is 0 Å². The van der Waals surface area contributed by atoms with Crippen molar-refractivity contribution in [3.63, 3.8) is 0 Å². The Morgan fingerprint density at radius 1 is 1.13 bits per heavy atom. The number of anilines is 1. The van der Waals surface area contributed by atoms with Gasteiger partial charge < -0.3 is 14.8 Å². The van der Waals surface area contributed by atoms with Crippen LogP contribution in [0.4, 0.5) is 5.69 Å². The lowest BCUT2D eigenvalue weighted by molar-refractivity contribution is 0.174. The highest BCUT2D eigenvalue weighted by Crippen LogP contribution is 2.34. The molecule has 3 heteroatoms. The third kappa shape index (κ3) is 2.17. The van der Waals surface area contributed by atoms with E-state index in [4.69, 9.17) is 9.47 Å². The first kappa shape index (κ1) is 10.1. The number of rotatable bonds is 3. The number of hydrogen-bond acceptors (Lipinski definition) is 3. The molecule has 0 aliphatic carbocycles. The highest BCUT2D eigenvalue weighted by atomic mass is 16.7. The molecule has 0 spiro atoms. The molecular formula is C12H17NO2. The molecule has 1 aliphatic heterocycles. The van der Waals surface area contributed by atoms with Crippen molar-refractivity contribution >= 4 is 5.69 Å². The molecule has 1 heterocycles. The van der Waals surface area contributed by atoms with Gasteiger partial charge in [-0.05, 0) is 25.0 Å². The number of nitrogens with one attached hydrogen (secondary N) is 1. The van der Waals surface area contributed by atoms with Gasteiger partial charge in [0.2, 0.25) is 6.79 Å². The molecule has 1 aromatic carbocycles. The van der Waals surface area contributed by atoms with Crippen LogP contribution in [0.2, 0.25) is 0 Å². The average molecular weight is 207 g/mol. The average Bonchev–Trinajstić information content (AvgIpc) is 2.64. The lowest BCUT2D eigenvalue weighted by Gasteiger charge is -2.18. The van der Waals surface area contributed by atoms with Crippen LogP contribution in [0.15, 0.2) is 18.2 Å². The van der Waals surface area contributed by atoms with Crippen LogP contribution in [0, 0.1) is 5.92 Å². The van der Waals surface area contributed by atoms with Gasteiger partial charge in [-0.15, -0.1) is 0 Å². The first-order valence-electron chi connectivity index (χ1n) is 5.33. The molecule has 1 aliphatic rings. The molecule has 0 fully saturated rings. The molecule has 0 saturated carbocycles. The third-order valence-electron chi connectivity index (χ3n) is 2.77. The minimum atomic E-state index is 0.332. The molecule has 2 rings (SSSR count). The summed E-state index contributed by atoms with van der Waals surface area (Å²) in [5.41, 5.74) is 1.08. The smallest absolute Gasteiger partial charge is 0.231 e. The third-order valence-corrected chi connectivity index (χ3v) is 2.77. The maximum atomic E-state index is 5.32. The molecule has 15 heavy (non-hydrogen) atoms. The fourth-order valence-electron chi connectivity index (χ4n) is 1.42.